The third-order valence-corrected chi connectivity index (χ3v) is 5.89. The highest BCUT2D eigenvalue weighted by atomic mass is 32.2. The van der Waals surface area contributed by atoms with Gasteiger partial charge in [0, 0.05) is 23.1 Å². The molecule has 0 aliphatic heterocycles. The van der Waals surface area contributed by atoms with E-state index in [2.05, 4.69) is 10.3 Å². The summed E-state index contributed by atoms with van der Waals surface area (Å²) in [5.41, 5.74) is 1.02. The van der Waals surface area contributed by atoms with Gasteiger partial charge >= 0.3 is 0 Å². The van der Waals surface area contributed by atoms with Crippen LogP contribution >= 0.6 is 23.1 Å². The molecule has 2 aromatic carbocycles. The molecule has 1 amide bonds. The standard InChI is InChI=1S/C20H16F2N2O2S2/c21-16-7-4-8-17(22)15(16)10-23-19(26)9-14-11-27-20(24-14)28-12-18(25)13-5-2-1-3-6-13/h1-8,11H,9-10,12H2,(H,23,26). The number of ketones is 1. The molecule has 0 bridgehead atoms. The Morgan fingerprint density at radius 1 is 1.04 bits per heavy atom. The molecule has 4 nitrogen and oxygen atoms in total. The second-order valence-electron chi connectivity index (χ2n) is 5.84. The lowest BCUT2D eigenvalue weighted by Gasteiger charge is -2.06. The zero-order valence-corrected chi connectivity index (χ0v) is 16.3. The van der Waals surface area contributed by atoms with E-state index in [0.29, 0.717) is 15.6 Å². The number of aromatic nitrogens is 1. The van der Waals surface area contributed by atoms with E-state index < -0.39 is 11.6 Å². The molecule has 0 unspecified atom stereocenters. The first kappa shape index (κ1) is 20.2. The van der Waals surface area contributed by atoms with Crippen LogP contribution in [0.5, 0.6) is 0 Å². The number of Topliss-reactive ketones (excluding diaryl/α,β-unsaturated/α-hetero) is 1. The first-order chi connectivity index (χ1) is 13.5. The van der Waals surface area contributed by atoms with Crippen molar-refractivity contribution in [3.63, 3.8) is 0 Å². The predicted molar refractivity (Wildman–Crippen MR) is 106 cm³/mol. The molecule has 0 saturated heterocycles. The Kier molecular flexibility index (Phi) is 6.89. The molecule has 3 aromatic rings. The van der Waals surface area contributed by atoms with Gasteiger partial charge in [0.2, 0.25) is 5.91 Å². The van der Waals surface area contributed by atoms with Gasteiger partial charge in [0.25, 0.3) is 0 Å². The zero-order chi connectivity index (χ0) is 19.9. The summed E-state index contributed by atoms with van der Waals surface area (Å²) in [5.74, 6) is -1.52. The van der Waals surface area contributed by atoms with Crippen LogP contribution in [-0.2, 0) is 17.8 Å². The minimum atomic E-state index is -0.698. The number of thiazole rings is 1. The molecule has 0 aliphatic carbocycles. The number of thioether (sulfide) groups is 1. The molecule has 1 N–H and O–H groups in total. The first-order valence-corrected chi connectivity index (χ1v) is 10.2. The van der Waals surface area contributed by atoms with Crippen LogP contribution in [0.2, 0.25) is 0 Å². The summed E-state index contributed by atoms with van der Waals surface area (Å²) in [6.07, 6.45) is -0.000235. The summed E-state index contributed by atoms with van der Waals surface area (Å²) < 4.78 is 27.8. The summed E-state index contributed by atoms with van der Waals surface area (Å²) in [6, 6.07) is 12.6. The normalized spacial score (nSPS) is 10.6. The number of nitrogens with one attached hydrogen (secondary N) is 1. The van der Waals surface area contributed by atoms with E-state index in [1.165, 1.54) is 29.2 Å². The number of hydrogen-bond donors (Lipinski definition) is 1. The highest BCUT2D eigenvalue weighted by Crippen LogP contribution is 2.24. The van der Waals surface area contributed by atoms with Crippen molar-refractivity contribution < 1.29 is 18.4 Å². The van der Waals surface area contributed by atoms with Crippen molar-refractivity contribution >= 4 is 34.8 Å². The number of carbonyl (C=O) groups excluding carboxylic acids is 2. The Morgan fingerprint density at radius 2 is 1.75 bits per heavy atom. The van der Waals surface area contributed by atoms with Crippen LogP contribution in [0.1, 0.15) is 21.6 Å². The lowest BCUT2D eigenvalue weighted by atomic mass is 10.2. The third-order valence-electron chi connectivity index (χ3n) is 3.82. The van der Waals surface area contributed by atoms with E-state index in [1.807, 2.05) is 18.2 Å². The summed E-state index contributed by atoms with van der Waals surface area (Å²) in [6.45, 7) is -0.228. The maximum absolute atomic E-state index is 13.6. The van der Waals surface area contributed by atoms with Gasteiger partial charge in [-0.15, -0.1) is 11.3 Å². The van der Waals surface area contributed by atoms with Gasteiger partial charge in [-0.25, -0.2) is 13.8 Å². The van der Waals surface area contributed by atoms with E-state index in [-0.39, 0.29) is 36.0 Å². The van der Waals surface area contributed by atoms with Crippen LogP contribution in [0.4, 0.5) is 8.78 Å². The molecule has 0 saturated carbocycles. The molecule has 0 fully saturated rings. The summed E-state index contributed by atoms with van der Waals surface area (Å²) >= 11 is 2.66. The van der Waals surface area contributed by atoms with Crippen LogP contribution in [0, 0.1) is 11.6 Å². The van der Waals surface area contributed by atoms with E-state index >= 15 is 0 Å². The average Bonchev–Trinajstić information content (AvgIpc) is 3.13. The molecule has 1 aromatic heterocycles. The molecular formula is C20H16F2N2O2S2. The Morgan fingerprint density at radius 3 is 2.46 bits per heavy atom. The van der Waals surface area contributed by atoms with Crippen molar-refractivity contribution in [2.24, 2.45) is 0 Å². The van der Waals surface area contributed by atoms with E-state index in [9.17, 15) is 18.4 Å². The smallest absolute Gasteiger partial charge is 0.226 e. The molecule has 28 heavy (non-hydrogen) atoms. The molecule has 0 spiro atoms. The second kappa shape index (κ2) is 9.57. The van der Waals surface area contributed by atoms with Crippen molar-refractivity contribution in [2.45, 2.75) is 17.3 Å². The van der Waals surface area contributed by atoms with Gasteiger partial charge in [-0.2, -0.15) is 0 Å². The SMILES string of the molecule is O=C(Cc1csc(SCC(=O)c2ccccc2)n1)NCc1c(F)cccc1F. The lowest BCUT2D eigenvalue weighted by Crippen LogP contribution is -2.25. The number of benzene rings is 2. The van der Waals surface area contributed by atoms with Crippen LogP contribution in [0.3, 0.4) is 0 Å². The van der Waals surface area contributed by atoms with Gasteiger partial charge < -0.3 is 5.32 Å². The van der Waals surface area contributed by atoms with E-state index in [1.54, 1.807) is 17.5 Å². The molecule has 0 radical (unpaired) electrons. The minimum Gasteiger partial charge on any atom is -0.351 e. The maximum atomic E-state index is 13.6. The fourth-order valence-corrected chi connectivity index (χ4v) is 4.12. The van der Waals surface area contributed by atoms with Crippen LogP contribution in [0.15, 0.2) is 58.3 Å². The molecular weight excluding hydrogens is 402 g/mol. The van der Waals surface area contributed by atoms with Crippen LogP contribution < -0.4 is 5.32 Å². The maximum Gasteiger partial charge on any atom is 0.226 e. The van der Waals surface area contributed by atoms with Gasteiger partial charge in [0.15, 0.2) is 10.1 Å². The average molecular weight is 418 g/mol. The molecule has 144 valence electrons. The summed E-state index contributed by atoms with van der Waals surface area (Å²) in [7, 11) is 0. The van der Waals surface area contributed by atoms with Crippen molar-refractivity contribution in [1.82, 2.24) is 10.3 Å². The molecule has 3 rings (SSSR count). The van der Waals surface area contributed by atoms with Gasteiger partial charge in [-0.05, 0) is 12.1 Å². The van der Waals surface area contributed by atoms with Crippen molar-refractivity contribution in [3.05, 3.63) is 82.4 Å². The largest absolute Gasteiger partial charge is 0.351 e. The number of rotatable bonds is 8. The van der Waals surface area contributed by atoms with Crippen LogP contribution in [-0.4, -0.2) is 22.4 Å². The molecule has 8 heteroatoms. The first-order valence-electron chi connectivity index (χ1n) is 8.38. The summed E-state index contributed by atoms with van der Waals surface area (Å²) in [4.78, 5) is 28.5. The number of amides is 1. The van der Waals surface area contributed by atoms with E-state index in [4.69, 9.17) is 0 Å². The highest BCUT2D eigenvalue weighted by molar-refractivity contribution is 8.01. The highest BCUT2D eigenvalue weighted by Gasteiger charge is 2.13. The monoisotopic (exact) mass is 418 g/mol. The number of carbonyl (C=O) groups is 2. The molecule has 0 atom stereocenters. The van der Waals surface area contributed by atoms with Crippen LogP contribution in [0.25, 0.3) is 0 Å². The van der Waals surface area contributed by atoms with E-state index in [0.717, 1.165) is 12.1 Å². The lowest BCUT2D eigenvalue weighted by molar-refractivity contribution is -0.120. The summed E-state index contributed by atoms with van der Waals surface area (Å²) in [5, 5.41) is 4.23. The molecule has 1 heterocycles. The van der Waals surface area contributed by atoms with Crippen molar-refractivity contribution in [2.75, 3.05) is 5.75 Å². The fourth-order valence-electron chi connectivity index (χ4n) is 2.39. The van der Waals surface area contributed by atoms with Crippen molar-refractivity contribution in [1.29, 1.82) is 0 Å². The predicted octanol–water partition coefficient (Wildman–Crippen LogP) is 4.26. The number of halogens is 2. The Labute approximate surface area is 169 Å². The topological polar surface area (TPSA) is 59.1 Å². The van der Waals surface area contributed by atoms with Crippen molar-refractivity contribution in [3.8, 4) is 0 Å². The Hall–Kier alpha value is -2.58. The number of hydrogen-bond acceptors (Lipinski definition) is 5. The quantitative estimate of drug-likeness (QED) is 0.439. The van der Waals surface area contributed by atoms with Gasteiger partial charge in [0.05, 0.1) is 17.9 Å². The second-order valence-corrected chi connectivity index (χ2v) is 7.92. The van der Waals surface area contributed by atoms with Gasteiger partial charge in [-0.3, -0.25) is 9.59 Å². The Bertz CT molecular complexity index is 957. The minimum absolute atomic E-state index is 0.000235. The molecule has 0 aliphatic rings. The fraction of sp³-hybridized carbons (Fsp3) is 0.150. The number of nitrogens with zero attached hydrogens (tertiary/aromatic N) is 1. The third kappa shape index (κ3) is 5.46. The van der Waals surface area contributed by atoms with Gasteiger partial charge in [0.1, 0.15) is 11.6 Å². The van der Waals surface area contributed by atoms with Gasteiger partial charge in [-0.1, -0.05) is 48.2 Å². The zero-order valence-electron chi connectivity index (χ0n) is 14.7. The Balaban J connectivity index is 1.49.